The van der Waals surface area contributed by atoms with Gasteiger partial charge in [0.1, 0.15) is 5.75 Å². The highest BCUT2D eigenvalue weighted by Gasteiger charge is 2.34. The molecule has 0 aromatic heterocycles. The van der Waals surface area contributed by atoms with Crippen LogP contribution in [0.1, 0.15) is 11.1 Å². The van der Waals surface area contributed by atoms with Crippen LogP contribution in [0.4, 0.5) is 4.79 Å². The highest BCUT2D eigenvalue weighted by atomic mass is 79.9. The molecule has 116 valence electrons. The van der Waals surface area contributed by atoms with Crippen molar-refractivity contribution in [2.24, 2.45) is 0 Å². The summed E-state index contributed by atoms with van der Waals surface area (Å²) in [6, 6.07) is 14.3. The van der Waals surface area contributed by atoms with Gasteiger partial charge in [0.05, 0.1) is 15.9 Å². The number of phenols is 1. The van der Waals surface area contributed by atoms with Crippen LogP contribution in [0.3, 0.4) is 0 Å². The minimum atomic E-state index is -0.298. The number of amides is 2. The molecule has 0 spiro atoms. The minimum Gasteiger partial charge on any atom is -0.507 e. The third kappa shape index (κ3) is 3.48. The van der Waals surface area contributed by atoms with Gasteiger partial charge >= 0.3 is 0 Å². The molecule has 1 N–H and O–H groups in total. The average Bonchev–Trinajstić information content (AvgIpc) is 2.80. The number of halogens is 1. The lowest BCUT2D eigenvalue weighted by molar-refractivity contribution is -0.123. The van der Waals surface area contributed by atoms with Crippen molar-refractivity contribution in [3.63, 3.8) is 0 Å². The van der Waals surface area contributed by atoms with Crippen LogP contribution < -0.4 is 0 Å². The van der Waals surface area contributed by atoms with Gasteiger partial charge in [-0.05, 0) is 57.0 Å². The molecule has 1 fully saturated rings. The number of benzene rings is 2. The van der Waals surface area contributed by atoms with Crippen LogP contribution in [0.15, 0.2) is 57.9 Å². The Balaban J connectivity index is 1.83. The quantitative estimate of drug-likeness (QED) is 0.790. The van der Waals surface area contributed by atoms with Gasteiger partial charge in [0.15, 0.2) is 0 Å². The monoisotopic (exact) mass is 389 g/mol. The summed E-state index contributed by atoms with van der Waals surface area (Å²) in [5, 5.41) is 9.23. The molecule has 0 bridgehead atoms. The molecule has 23 heavy (non-hydrogen) atoms. The van der Waals surface area contributed by atoms with E-state index in [1.165, 1.54) is 11.0 Å². The van der Waals surface area contributed by atoms with Crippen molar-refractivity contribution in [2.45, 2.75) is 6.54 Å². The van der Waals surface area contributed by atoms with Gasteiger partial charge in [-0.15, -0.1) is 0 Å². The van der Waals surface area contributed by atoms with Crippen molar-refractivity contribution >= 4 is 44.9 Å². The summed E-state index contributed by atoms with van der Waals surface area (Å²) < 4.78 is 0.537. The number of hydrogen-bond donors (Lipinski definition) is 1. The van der Waals surface area contributed by atoms with Gasteiger partial charge in [0, 0.05) is 0 Å². The largest absolute Gasteiger partial charge is 0.507 e. The Morgan fingerprint density at radius 2 is 1.87 bits per heavy atom. The molecule has 1 saturated heterocycles. The molecule has 1 aliphatic rings. The third-order valence-corrected chi connectivity index (χ3v) is 4.87. The fourth-order valence-corrected chi connectivity index (χ4v) is 3.40. The summed E-state index contributed by atoms with van der Waals surface area (Å²) in [5.74, 6) is -0.174. The maximum atomic E-state index is 12.4. The molecular formula is C17H12BrNO3S. The van der Waals surface area contributed by atoms with Gasteiger partial charge < -0.3 is 5.11 Å². The number of thioether (sulfide) groups is 1. The minimum absolute atomic E-state index is 0.124. The topological polar surface area (TPSA) is 57.6 Å². The molecule has 4 nitrogen and oxygen atoms in total. The Hall–Kier alpha value is -2.05. The molecule has 6 heteroatoms. The number of phenolic OH excluding ortho intramolecular Hbond substituents is 1. The summed E-state index contributed by atoms with van der Waals surface area (Å²) in [6.07, 6.45) is 1.65. The summed E-state index contributed by atoms with van der Waals surface area (Å²) in [7, 11) is 0. The van der Waals surface area contributed by atoms with Crippen molar-refractivity contribution in [3.05, 3.63) is 69.0 Å². The number of carbonyl (C=O) groups excluding carboxylic acids is 2. The fourth-order valence-electron chi connectivity index (χ4n) is 2.17. The fraction of sp³-hybridized carbons (Fsp3) is 0.0588. The summed E-state index contributed by atoms with van der Waals surface area (Å²) >= 11 is 4.16. The molecule has 1 heterocycles. The van der Waals surface area contributed by atoms with E-state index in [0.717, 1.165) is 22.9 Å². The summed E-state index contributed by atoms with van der Waals surface area (Å²) in [5.41, 5.74) is 1.64. The Kier molecular flexibility index (Phi) is 4.54. The molecule has 1 aliphatic heterocycles. The highest BCUT2D eigenvalue weighted by Crippen LogP contribution is 2.34. The second-order valence-electron chi connectivity index (χ2n) is 4.96. The number of rotatable bonds is 3. The zero-order chi connectivity index (χ0) is 16.4. The zero-order valence-electron chi connectivity index (χ0n) is 11.9. The van der Waals surface area contributed by atoms with Crippen LogP contribution in [0.2, 0.25) is 0 Å². The smallest absolute Gasteiger partial charge is 0.293 e. The first kappa shape index (κ1) is 15.8. The van der Waals surface area contributed by atoms with Crippen LogP contribution in [-0.2, 0) is 11.3 Å². The van der Waals surface area contributed by atoms with Gasteiger partial charge in [0.2, 0.25) is 0 Å². The second kappa shape index (κ2) is 6.60. The van der Waals surface area contributed by atoms with Gasteiger partial charge in [-0.25, -0.2) is 0 Å². The molecule has 0 aliphatic carbocycles. The SMILES string of the molecule is O=C1S/C(=C\c2ccc(O)c(Br)c2)C(=O)N1Cc1ccccc1. The van der Waals surface area contributed by atoms with E-state index in [0.29, 0.717) is 9.38 Å². The lowest BCUT2D eigenvalue weighted by Crippen LogP contribution is -2.27. The van der Waals surface area contributed by atoms with Crippen LogP contribution >= 0.6 is 27.7 Å². The number of aromatic hydroxyl groups is 1. The molecular weight excluding hydrogens is 378 g/mol. The Labute approximate surface area is 145 Å². The molecule has 0 atom stereocenters. The van der Waals surface area contributed by atoms with Gasteiger partial charge in [-0.2, -0.15) is 0 Å². The predicted molar refractivity (Wildman–Crippen MR) is 93.8 cm³/mol. The Bertz CT molecular complexity index is 805. The first-order valence-electron chi connectivity index (χ1n) is 6.82. The van der Waals surface area contributed by atoms with E-state index in [1.807, 2.05) is 30.3 Å². The third-order valence-electron chi connectivity index (χ3n) is 3.33. The van der Waals surface area contributed by atoms with Crippen molar-refractivity contribution in [3.8, 4) is 5.75 Å². The Morgan fingerprint density at radius 1 is 1.13 bits per heavy atom. The van der Waals surface area contributed by atoms with E-state index in [2.05, 4.69) is 15.9 Å². The van der Waals surface area contributed by atoms with Crippen LogP contribution in [0.25, 0.3) is 6.08 Å². The van der Waals surface area contributed by atoms with E-state index in [1.54, 1.807) is 18.2 Å². The maximum Gasteiger partial charge on any atom is 0.293 e. The number of carbonyl (C=O) groups is 2. The van der Waals surface area contributed by atoms with Gasteiger partial charge in [-0.1, -0.05) is 36.4 Å². The Morgan fingerprint density at radius 3 is 2.57 bits per heavy atom. The van der Waals surface area contributed by atoms with Crippen molar-refractivity contribution in [1.29, 1.82) is 0 Å². The highest BCUT2D eigenvalue weighted by molar-refractivity contribution is 9.10. The van der Waals surface area contributed by atoms with Gasteiger partial charge in [0.25, 0.3) is 11.1 Å². The number of hydrogen-bond acceptors (Lipinski definition) is 4. The molecule has 0 unspecified atom stereocenters. The molecule has 2 aromatic carbocycles. The lowest BCUT2D eigenvalue weighted by Gasteiger charge is -2.12. The predicted octanol–water partition coefficient (Wildman–Crippen LogP) is 4.39. The standard InChI is InChI=1S/C17H12BrNO3S/c18-13-8-12(6-7-14(13)20)9-15-16(21)19(17(22)23-15)10-11-4-2-1-3-5-11/h1-9,20H,10H2/b15-9-. The van der Waals surface area contributed by atoms with E-state index < -0.39 is 0 Å². The zero-order valence-corrected chi connectivity index (χ0v) is 14.3. The van der Waals surface area contributed by atoms with Gasteiger partial charge in [-0.3, -0.25) is 14.5 Å². The summed E-state index contributed by atoms with van der Waals surface area (Å²) in [4.78, 5) is 26.1. The first-order valence-corrected chi connectivity index (χ1v) is 8.43. The summed E-state index contributed by atoms with van der Waals surface area (Å²) in [6.45, 7) is 0.266. The first-order chi connectivity index (χ1) is 11.0. The molecule has 0 saturated carbocycles. The molecule has 2 amide bonds. The molecule has 0 radical (unpaired) electrons. The average molecular weight is 390 g/mol. The number of imide groups is 1. The van der Waals surface area contributed by atoms with Crippen LogP contribution in [0, 0.1) is 0 Å². The maximum absolute atomic E-state index is 12.4. The van der Waals surface area contributed by atoms with E-state index in [9.17, 15) is 14.7 Å². The second-order valence-corrected chi connectivity index (χ2v) is 6.81. The van der Waals surface area contributed by atoms with Crippen LogP contribution in [-0.4, -0.2) is 21.2 Å². The van der Waals surface area contributed by atoms with E-state index >= 15 is 0 Å². The van der Waals surface area contributed by atoms with Crippen molar-refractivity contribution in [2.75, 3.05) is 0 Å². The molecule has 2 aromatic rings. The van der Waals surface area contributed by atoms with Crippen molar-refractivity contribution in [1.82, 2.24) is 4.90 Å². The lowest BCUT2D eigenvalue weighted by atomic mass is 10.2. The van der Waals surface area contributed by atoms with Crippen LogP contribution in [0.5, 0.6) is 5.75 Å². The normalized spacial score (nSPS) is 16.4. The van der Waals surface area contributed by atoms with E-state index in [-0.39, 0.29) is 23.4 Å². The van der Waals surface area contributed by atoms with Crippen molar-refractivity contribution < 1.29 is 14.7 Å². The molecule has 3 rings (SSSR count). The number of nitrogens with zero attached hydrogens (tertiary/aromatic N) is 1. The van der Waals surface area contributed by atoms with E-state index in [4.69, 9.17) is 0 Å².